The van der Waals surface area contributed by atoms with Crippen molar-refractivity contribution in [2.24, 2.45) is 0 Å². The minimum atomic E-state index is 0.501. The molecule has 0 bridgehead atoms. The van der Waals surface area contributed by atoms with Gasteiger partial charge in [0, 0.05) is 30.7 Å². The Morgan fingerprint density at radius 3 is 3.20 bits per heavy atom. The molecular weight excluding hydrogens is 266 g/mol. The van der Waals surface area contributed by atoms with Gasteiger partial charge in [0.15, 0.2) is 0 Å². The molecule has 0 saturated carbocycles. The number of nitrogens with zero attached hydrogens (tertiary/aromatic N) is 2. The monoisotopic (exact) mass is 287 g/mol. The minimum Gasteiger partial charge on any atom is -0.337 e. The van der Waals surface area contributed by atoms with Gasteiger partial charge in [-0.15, -0.1) is 0 Å². The average molecular weight is 287 g/mol. The van der Waals surface area contributed by atoms with Crippen molar-refractivity contribution in [3.05, 3.63) is 54.1 Å². The molecule has 2 heterocycles. The fourth-order valence-corrected chi connectivity index (χ4v) is 3.76. The van der Waals surface area contributed by atoms with Crippen molar-refractivity contribution in [1.29, 1.82) is 0 Å². The Bertz CT molecular complexity index is 524. The summed E-state index contributed by atoms with van der Waals surface area (Å²) in [5.41, 5.74) is 3.02. The lowest BCUT2D eigenvalue weighted by Gasteiger charge is -2.19. The molecule has 0 saturated heterocycles. The lowest BCUT2D eigenvalue weighted by atomic mass is 10.00. The van der Waals surface area contributed by atoms with E-state index in [1.807, 2.05) is 18.7 Å². The maximum Gasteiger partial charge on any atom is 0.0945 e. The molecule has 1 aromatic carbocycles. The molecule has 106 valence electrons. The summed E-state index contributed by atoms with van der Waals surface area (Å²) in [6.07, 6.45) is 8.09. The highest BCUT2D eigenvalue weighted by Crippen LogP contribution is 2.27. The highest BCUT2D eigenvalue weighted by molar-refractivity contribution is 7.99. The van der Waals surface area contributed by atoms with Gasteiger partial charge in [-0.25, -0.2) is 4.98 Å². The summed E-state index contributed by atoms with van der Waals surface area (Å²) in [7, 11) is 0. The van der Waals surface area contributed by atoms with E-state index in [0.29, 0.717) is 6.04 Å². The highest BCUT2D eigenvalue weighted by atomic mass is 32.2. The van der Waals surface area contributed by atoms with Crippen LogP contribution in [-0.2, 0) is 13.0 Å². The molecule has 0 spiro atoms. The summed E-state index contributed by atoms with van der Waals surface area (Å²) in [5, 5.41) is 3.73. The molecule has 0 amide bonds. The van der Waals surface area contributed by atoms with Gasteiger partial charge in [0.05, 0.1) is 6.33 Å². The zero-order chi connectivity index (χ0) is 13.6. The molecule has 3 nitrogen and oxygen atoms in total. The van der Waals surface area contributed by atoms with Gasteiger partial charge in [0.25, 0.3) is 0 Å². The van der Waals surface area contributed by atoms with E-state index in [4.69, 9.17) is 0 Å². The third-order valence-corrected chi connectivity index (χ3v) is 4.84. The zero-order valence-electron chi connectivity index (χ0n) is 11.7. The van der Waals surface area contributed by atoms with Gasteiger partial charge in [0.1, 0.15) is 0 Å². The first-order valence-corrected chi connectivity index (χ1v) is 8.43. The minimum absolute atomic E-state index is 0.501. The Morgan fingerprint density at radius 1 is 1.35 bits per heavy atom. The lowest BCUT2D eigenvalue weighted by molar-refractivity contribution is 0.530. The third-order valence-electron chi connectivity index (χ3n) is 3.77. The van der Waals surface area contributed by atoms with Gasteiger partial charge in [-0.1, -0.05) is 24.3 Å². The normalized spacial score (nSPS) is 18.5. The van der Waals surface area contributed by atoms with E-state index in [1.165, 1.54) is 29.1 Å². The van der Waals surface area contributed by atoms with Gasteiger partial charge in [-0.3, -0.25) is 0 Å². The molecule has 3 rings (SSSR count). The molecule has 1 N–H and O–H groups in total. The predicted molar refractivity (Wildman–Crippen MR) is 85.1 cm³/mol. The first kappa shape index (κ1) is 13.7. The van der Waals surface area contributed by atoms with Crippen LogP contribution in [0.5, 0.6) is 0 Å². The quantitative estimate of drug-likeness (QED) is 0.858. The van der Waals surface area contributed by atoms with Crippen LogP contribution in [0.1, 0.15) is 23.6 Å². The standard InChI is InChI=1S/C16H21N3S/c1-2-5-15-14(4-1)6-11-20-12-16(15)18-7-3-9-19-10-8-17-13-19/h1-2,4-5,8,10,13,16,18H,3,6-7,9,11-12H2/t16-/m0/s1. The van der Waals surface area contributed by atoms with Crippen molar-refractivity contribution in [3.8, 4) is 0 Å². The number of imidazole rings is 1. The fourth-order valence-electron chi connectivity index (χ4n) is 2.70. The van der Waals surface area contributed by atoms with Crippen LogP contribution < -0.4 is 5.32 Å². The van der Waals surface area contributed by atoms with Crippen molar-refractivity contribution < 1.29 is 0 Å². The van der Waals surface area contributed by atoms with E-state index in [1.54, 1.807) is 0 Å². The van der Waals surface area contributed by atoms with E-state index in [9.17, 15) is 0 Å². The van der Waals surface area contributed by atoms with Gasteiger partial charge in [-0.05, 0) is 36.3 Å². The van der Waals surface area contributed by atoms with Crippen molar-refractivity contribution >= 4 is 11.8 Å². The van der Waals surface area contributed by atoms with E-state index in [-0.39, 0.29) is 0 Å². The van der Waals surface area contributed by atoms with Crippen molar-refractivity contribution in [1.82, 2.24) is 14.9 Å². The Balaban J connectivity index is 1.54. The van der Waals surface area contributed by atoms with Crippen molar-refractivity contribution in [2.45, 2.75) is 25.4 Å². The Labute approximate surface area is 124 Å². The highest BCUT2D eigenvalue weighted by Gasteiger charge is 2.17. The first-order valence-electron chi connectivity index (χ1n) is 7.28. The maximum atomic E-state index is 4.07. The van der Waals surface area contributed by atoms with Crippen LogP contribution in [0.3, 0.4) is 0 Å². The summed E-state index contributed by atoms with van der Waals surface area (Å²) in [5.74, 6) is 2.42. The van der Waals surface area contributed by atoms with Crippen LogP contribution in [0, 0.1) is 0 Å². The number of aryl methyl sites for hydroxylation is 2. The number of aromatic nitrogens is 2. The Kier molecular flexibility index (Phi) is 4.77. The van der Waals surface area contributed by atoms with Crippen molar-refractivity contribution in [2.75, 3.05) is 18.1 Å². The number of nitrogens with one attached hydrogen (secondary N) is 1. The Morgan fingerprint density at radius 2 is 2.30 bits per heavy atom. The number of thioether (sulfide) groups is 1. The summed E-state index contributed by atoms with van der Waals surface area (Å²) >= 11 is 2.06. The molecule has 1 aliphatic heterocycles. The molecule has 0 fully saturated rings. The number of fused-ring (bicyclic) bond motifs is 1. The van der Waals surface area contributed by atoms with Gasteiger partial charge < -0.3 is 9.88 Å². The molecule has 0 aliphatic carbocycles. The number of hydrogen-bond donors (Lipinski definition) is 1. The van der Waals surface area contributed by atoms with Gasteiger partial charge in [0.2, 0.25) is 0 Å². The second-order valence-corrected chi connectivity index (χ2v) is 6.33. The van der Waals surface area contributed by atoms with E-state index in [0.717, 1.165) is 19.5 Å². The maximum absolute atomic E-state index is 4.07. The van der Waals surface area contributed by atoms with Crippen LogP contribution >= 0.6 is 11.8 Å². The van der Waals surface area contributed by atoms with Gasteiger partial charge in [-0.2, -0.15) is 11.8 Å². The number of benzene rings is 1. The van der Waals surface area contributed by atoms with E-state index < -0.39 is 0 Å². The SMILES string of the molecule is c1ccc2c(c1)CCSC[C@@H]2NCCCn1ccnc1. The first-order chi connectivity index (χ1) is 9.93. The smallest absolute Gasteiger partial charge is 0.0945 e. The third kappa shape index (κ3) is 3.44. The van der Waals surface area contributed by atoms with Crippen LogP contribution in [0.2, 0.25) is 0 Å². The molecular formula is C16H21N3S. The summed E-state index contributed by atoms with van der Waals surface area (Å²) in [4.78, 5) is 4.07. The van der Waals surface area contributed by atoms with Crippen LogP contribution in [-0.4, -0.2) is 27.6 Å². The molecule has 0 unspecified atom stereocenters. The second-order valence-electron chi connectivity index (χ2n) is 5.18. The number of rotatable bonds is 5. The molecule has 4 heteroatoms. The molecule has 2 aromatic rings. The van der Waals surface area contributed by atoms with Crippen LogP contribution in [0.15, 0.2) is 43.0 Å². The molecule has 1 aliphatic rings. The molecule has 1 atom stereocenters. The van der Waals surface area contributed by atoms with Crippen LogP contribution in [0.25, 0.3) is 0 Å². The summed E-state index contributed by atoms with van der Waals surface area (Å²) in [6.45, 7) is 2.09. The van der Waals surface area contributed by atoms with E-state index in [2.05, 4.69) is 50.9 Å². The lowest BCUT2D eigenvalue weighted by Crippen LogP contribution is -2.25. The van der Waals surface area contributed by atoms with E-state index >= 15 is 0 Å². The molecule has 1 aromatic heterocycles. The summed E-state index contributed by atoms with van der Waals surface area (Å²) < 4.78 is 2.14. The predicted octanol–water partition coefficient (Wildman–Crippen LogP) is 2.89. The Hall–Kier alpha value is -1.26. The molecule has 0 radical (unpaired) electrons. The largest absolute Gasteiger partial charge is 0.337 e. The average Bonchev–Trinajstić information content (AvgIpc) is 2.91. The van der Waals surface area contributed by atoms with Crippen LogP contribution in [0.4, 0.5) is 0 Å². The topological polar surface area (TPSA) is 29.9 Å². The zero-order valence-corrected chi connectivity index (χ0v) is 12.5. The van der Waals surface area contributed by atoms with Gasteiger partial charge >= 0.3 is 0 Å². The summed E-state index contributed by atoms with van der Waals surface area (Å²) in [6, 6.07) is 9.39. The fraction of sp³-hybridized carbons (Fsp3) is 0.438. The number of hydrogen-bond acceptors (Lipinski definition) is 3. The molecule has 20 heavy (non-hydrogen) atoms. The second kappa shape index (κ2) is 6.95. The van der Waals surface area contributed by atoms with Crippen molar-refractivity contribution in [3.63, 3.8) is 0 Å².